The quantitative estimate of drug-likeness (QED) is 0.570. The first kappa shape index (κ1) is 11.6. The van der Waals surface area contributed by atoms with Gasteiger partial charge in [-0.25, -0.2) is 0 Å². The second kappa shape index (κ2) is 3.49. The second-order valence-corrected chi connectivity index (χ2v) is 18.7. The van der Waals surface area contributed by atoms with Gasteiger partial charge in [0.15, 0.2) is 0 Å². The van der Waals surface area contributed by atoms with E-state index in [0.29, 0.717) is 0 Å². The third-order valence-electron chi connectivity index (χ3n) is 3.97. The van der Waals surface area contributed by atoms with Crippen LogP contribution in [0.5, 0.6) is 0 Å². The van der Waals surface area contributed by atoms with Gasteiger partial charge in [0.2, 0.25) is 0 Å². The first-order valence-electron chi connectivity index (χ1n) is 5.65. The molecule has 0 aromatic rings. The van der Waals surface area contributed by atoms with Crippen molar-refractivity contribution in [2.45, 2.75) is 25.9 Å². The van der Waals surface area contributed by atoms with Crippen molar-refractivity contribution in [1.29, 1.82) is 0 Å². The summed E-state index contributed by atoms with van der Waals surface area (Å²) in [6, 6.07) is 0. The molecule has 16 heavy (non-hydrogen) atoms. The van der Waals surface area contributed by atoms with E-state index in [0.717, 1.165) is 12.8 Å². The van der Waals surface area contributed by atoms with Crippen LogP contribution in [0.25, 0.3) is 0 Å². The van der Waals surface area contributed by atoms with Crippen molar-refractivity contribution in [3.05, 3.63) is 42.5 Å². The van der Waals surface area contributed by atoms with Crippen LogP contribution in [0.1, 0.15) is 12.8 Å². The molecule has 0 atom stereocenters. The van der Waals surface area contributed by atoms with Gasteiger partial charge in [-0.2, -0.15) is 0 Å². The van der Waals surface area contributed by atoms with Crippen molar-refractivity contribution in [3.8, 4) is 0 Å². The minimum absolute atomic E-state index is 1.01. The average Bonchev–Trinajstić information content (AvgIpc) is 2.86. The van der Waals surface area contributed by atoms with Crippen LogP contribution in [0.3, 0.4) is 0 Å². The molecule has 0 spiro atoms. The summed E-state index contributed by atoms with van der Waals surface area (Å²) >= 11 is -2.88. The number of halogens is 2. The van der Waals surface area contributed by atoms with E-state index in [9.17, 15) is 0 Å². The molecule has 0 fully saturated rings. The van der Waals surface area contributed by atoms with Gasteiger partial charge in [0.05, 0.1) is 0 Å². The van der Waals surface area contributed by atoms with E-state index in [1.165, 1.54) is 18.1 Å². The fraction of sp³-hybridized carbons (Fsp3) is 0.333. The van der Waals surface area contributed by atoms with E-state index in [4.69, 9.17) is 18.6 Å². The zero-order valence-electron chi connectivity index (χ0n) is 9.48. The number of hydrogen-bond acceptors (Lipinski definition) is 0. The zero-order valence-corrected chi connectivity index (χ0v) is 13.6. The van der Waals surface area contributed by atoms with Crippen molar-refractivity contribution in [3.63, 3.8) is 0 Å². The molecule has 0 saturated heterocycles. The molecular weight excluding hydrogens is 291 g/mol. The number of hydrogen-bond donors (Lipinski definition) is 0. The normalized spacial score (nSPS) is 28.8. The van der Waals surface area contributed by atoms with Crippen molar-refractivity contribution < 1.29 is 14.5 Å². The third-order valence-corrected chi connectivity index (χ3v) is 16.0. The summed E-state index contributed by atoms with van der Waals surface area (Å²) in [5.74, 6) is 0. The van der Waals surface area contributed by atoms with Crippen molar-refractivity contribution >= 4 is 26.7 Å². The molecule has 0 aromatic carbocycles. The molecule has 3 aliphatic rings. The summed E-state index contributed by atoms with van der Waals surface area (Å²) in [6.07, 6.45) is 11.1. The van der Waals surface area contributed by atoms with Gasteiger partial charge in [0, 0.05) is 0 Å². The van der Waals surface area contributed by atoms with Crippen LogP contribution in [0, 0.1) is 0 Å². The predicted molar refractivity (Wildman–Crippen MR) is 70.8 cm³/mol. The Labute approximate surface area is 109 Å². The molecule has 0 nitrogen and oxygen atoms in total. The Kier molecular flexibility index (Phi) is 2.52. The van der Waals surface area contributed by atoms with Gasteiger partial charge in [0.25, 0.3) is 0 Å². The van der Waals surface area contributed by atoms with Crippen LogP contribution in [0.15, 0.2) is 42.5 Å². The predicted octanol–water partition coefficient (Wildman–Crippen LogP) is 4.68. The van der Waals surface area contributed by atoms with Crippen LogP contribution >= 0.6 is 18.6 Å². The Balaban J connectivity index is 2.26. The van der Waals surface area contributed by atoms with Crippen LogP contribution in [0.4, 0.5) is 0 Å². The molecular formula is C12H14Cl2SiTi. The van der Waals surface area contributed by atoms with Gasteiger partial charge >= 0.3 is 110 Å². The first-order valence-corrected chi connectivity index (χ1v) is 14.5. The van der Waals surface area contributed by atoms with E-state index in [1.807, 2.05) is 0 Å². The molecule has 0 unspecified atom stereocenters. The maximum atomic E-state index is 6.78. The average molecular weight is 305 g/mol. The van der Waals surface area contributed by atoms with Crippen LogP contribution in [-0.2, 0) is 14.5 Å². The maximum absolute atomic E-state index is 6.78. The van der Waals surface area contributed by atoms with Gasteiger partial charge < -0.3 is 0 Å². The summed E-state index contributed by atoms with van der Waals surface area (Å²) in [5, 5.41) is 3.06. The SMILES string of the molecule is C[Si]1(C)C2=[C](CC=C2)[Ti]([Cl])([Cl])[C]2=C1C=CC2. The summed E-state index contributed by atoms with van der Waals surface area (Å²) in [4.78, 5) is 0. The summed E-state index contributed by atoms with van der Waals surface area (Å²) in [5.41, 5.74) is 0. The molecule has 0 aromatic heterocycles. The second-order valence-electron chi connectivity index (χ2n) is 5.20. The molecule has 0 N–H and O–H groups in total. The standard InChI is InChI=1S/C12H14Si.2ClH.Ti/c1-13(2,11-7-3-4-8-11)12-9-5-6-10-12;;;/h3,5,7,9H,4,6H2,1-2H3;2*1H;/q;;;+2/p-2. The number of rotatable bonds is 0. The molecule has 0 bridgehead atoms. The van der Waals surface area contributed by atoms with E-state index in [2.05, 4.69) is 37.4 Å². The van der Waals surface area contributed by atoms with E-state index < -0.39 is 22.5 Å². The fourth-order valence-electron chi connectivity index (χ4n) is 3.10. The molecule has 2 aliphatic carbocycles. The Morgan fingerprint density at radius 1 is 1.00 bits per heavy atom. The van der Waals surface area contributed by atoms with Crippen molar-refractivity contribution in [2.24, 2.45) is 0 Å². The van der Waals surface area contributed by atoms with Gasteiger partial charge in [-0.15, -0.1) is 0 Å². The minimum atomic E-state index is -2.88. The zero-order chi connectivity index (χ0) is 11.6. The van der Waals surface area contributed by atoms with Crippen LogP contribution in [0.2, 0.25) is 13.1 Å². The fourth-order valence-corrected chi connectivity index (χ4v) is 18.0. The first-order chi connectivity index (χ1) is 7.45. The van der Waals surface area contributed by atoms with Crippen molar-refractivity contribution in [2.75, 3.05) is 0 Å². The van der Waals surface area contributed by atoms with Crippen molar-refractivity contribution in [1.82, 2.24) is 0 Å². The van der Waals surface area contributed by atoms with E-state index in [-0.39, 0.29) is 0 Å². The molecule has 1 aliphatic heterocycles. The van der Waals surface area contributed by atoms with Gasteiger partial charge in [-0.3, -0.25) is 0 Å². The summed E-state index contributed by atoms with van der Waals surface area (Å²) < 4.78 is 2.87. The molecule has 0 radical (unpaired) electrons. The third kappa shape index (κ3) is 1.33. The van der Waals surface area contributed by atoms with Gasteiger partial charge in [-0.05, 0) is 0 Å². The van der Waals surface area contributed by atoms with E-state index in [1.54, 1.807) is 0 Å². The Morgan fingerprint density at radius 3 is 1.88 bits per heavy atom. The summed E-state index contributed by atoms with van der Waals surface area (Å²) in [7, 11) is 12.1. The molecule has 0 saturated carbocycles. The molecule has 3 rings (SSSR count). The monoisotopic (exact) mass is 304 g/mol. The molecule has 84 valence electrons. The Hall–Kier alpha value is 0.471. The Morgan fingerprint density at radius 2 is 1.44 bits per heavy atom. The summed E-state index contributed by atoms with van der Waals surface area (Å²) in [6.45, 7) is 4.85. The number of allylic oxidation sites excluding steroid dienone is 8. The van der Waals surface area contributed by atoms with Crippen LogP contribution < -0.4 is 0 Å². The van der Waals surface area contributed by atoms with Gasteiger partial charge in [0.1, 0.15) is 0 Å². The topological polar surface area (TPSA) is 0 Å². The molecule has 1 heterocycles. The molecule has 4 heteroatoms. The molecule has 0 amide bonds. The van der Waals surface area contributed by atoms with Crippen LogP contribution in [-0.4, -0.2) is 8.07 Å². The van der Waals surface area contributed by atoms with Gasteiger partial charge in [-0.1, -0.05) is 0 Å². The van der Waals surface area contributed by atoms with E-state index >= 15 is 0 Å². The Bertz CT molecular complexity index is 453.